The molecule has 0 fully saturated rings. The lowest BCUT2D eigenvalue weighted by atomic mass is 10.1. The van der Waals surface area contributed by atoms with Gasteiger partial charge in [-0.2, -0.15) is 18.4 Å². The molecule has 130 valence electrons. The fourth-order valence-electron chi connectivity index (χ4n) is 2.06. The van der Waals surface area contributed by atoms with Crippen LogP contribution >= 0.6 is 0 Å². The Bertz CT molecular complexity index is 808. The molecule has 8 heteroatoms. The molecular weight excluding hydrogens is 333 g/mol. The zero-order valence-corrected chi connectivity index (χ0v) is 13.6. The normalized spacial score (nSPS) is 10.9. The molecule has 0 aliphatic heterocycles. The van der Waals surface area contributed by atoms with Crippen LogP contribution in [0.2, 0.25) is 0 Å². The van der Waals surface area contributed by atoms with Gasteiger partial charge in [0.1, 0.15) is 12.2 Å². The number of pyridine rings is 1. The molecular formula is C17H15F3N4O. The van der Waals surface area contributed by atoms with Crippen LogP contribution in [0.4, 0.5) is 24.7 Å². The van der Waals surface area contributed by atoms with Crippen molar-refractivity contribution >= 4 is 17.4 Å². The minimum absolute atomic E-state index is 0.174. The van der Waals surface area contributed by atoms with Crippen molar-refractivity contribution in [3.05, 3.63) is 42.0 Å². The van der Waals surface area contributed by atoms with Crippen LogP contribution in [0.25, 0.3) is 11.3 Å². The number of aromatic nitrogens is 1. The summed E-state index contributed by atoms with van der Waals surface area (Å²) in [6.45, 7) is 0. The van der Waals surface area contributed by atoms with Crippen LogP contribution in [0.5, 0.6) is 0 Å². The third-order valence-electron chi connectivity index (χ3n) is 3.30. The van der Waals surface area contributed by atoms with Crippen LogP contribution < -0.4 is 10.2 Å². The standard InChI is InChI=1S/C17H15F3N4O/c1-24(2)15-10-12(17(18,19)20)9-14(23-15)11-3-5-13(6-4-11)22-16(25)7-8-21/h3-6,9-10H,7H2,1-2H3,(H,22,25). The van der Waals surface area contributed by atoms with Crippen molar-refractivity contribution in [3.63, 3.8) is 0 Å². The number of hydrogen-bond acceptors (Lipinski definition) is 4. The molecule has 0 saturated carbocycles. The average Bonchev–Trinajstić information content (AvgIpc) is 2.54. The highest BCUT2D eigenvalue weighted by Crippen LogP contribution is 2.34. The van der Waals surface area contributed by atoms with Crippen molar-refractivity contribution < 1.29 is 18.0 Å². The Hall–Kier alpha value is -3.08. The number of nitrogens with one attached hydrogen (secondary N) is 1. The van der Waals surface area contributed by atoms with Crippen molar-refractivity contribution in [3.8, 4) is 17.3 Å². The minimum Gasteiger partial charge on any atom is -0.363 e. The van der Waals surface area contributed by atoms with Gasteiger partial charge < -0.3 is 10.2 Å². The van der Waals surface area contributed by atoms with Crippen molar-refractivity contribution in [2.75, 3.05) is 24.3 Å². The van der Waals surface area contributed by atoms with Gasteiger partial charge >= 0.3 is 6.18 Å². The number of nitrogens with zero attached hydrogens (tertiary/aromatic N) is 3. The Kier molecular flexibility index (Phi) is 5.27. The summed E-state index contributed by atoms with van der Waals surface area (Å²) in [6.07, 6.45) is -4.75. The van der Waals surface area contributed by atoms with Crippen LogP contribution in [0.3, 0.4) is 0 Å². The summed E-state index contributed by atoms with van der Waals surface area (Å²) in [7, 11) is 3.22. The fourth-order valence-corrected chi connectivity index (χ4v) is 2.06. The number of carbonyl (C=O) groups is 1. The Balaban J connectivity index is 2.36. The fraction of sp³-hybridized carbons (Fsp3) is 0.235. The maximum absolute atomic E-state index is 13.1. The molecule has 0 radical (unpaired) electrons. The summed E-state index contributed by atoms with van der Waals surface area (Å²) in [6, 6.07) is 9.90. The van der Waals surface area contributed by atoms with Crippen LogP contribution in [0, 0.1) is 11.3 Å². The SMILES string of the molecule is CN(C)c1cc(C(F)(F)F)cc(-c2ccc(NC(=O)CC#N)cc2)n1. The van der Waals surface area contributed by atoms with Gasteiger partial charge in [-0.25, -0.2) is 4.98 Å². The molecule has 1 N–H and O–H groups in total. The topological polar surface area (TPSA) is 69.0 Å². The first-order valence-corrected chi connectivity index (χ1v) is 7.24. The molecule has 0 bridgehead atoms. The van der Waals surface area contributed by atoms with Crippen LogP contribution in [0.1, 0.15) is 12.0 Å². The second-order valence-electron chi connectivity index (χ2n) is 5.45. The van der Waals surface area contributed by atoms with Gasteiger partial charge in [0.2, 0.25) is 5.91 Å². The summed E-state index contributed by atoms with van der Waals surface area (Å²) in [5.41, 5.74) is 0.317. The first kappa shape index (κ1) is 18.3. The van der Waals surface area contributed by atoms with Gasteiger partial charge in [-0.3, -0.25) is 4.79 Å². The number of alkyl halides is 3. The highest BCUT2D eigenvalue weighted by Gasteiger charge is 2.32. The molecule has 0 atom stereocenters. The number of amides is 1. The van der Waals surface area contributed by atoms with Crippen molar-refractivity contribution in [1.82, 2.24) is 4.98 Å². The first-order valence-electron chi connectivity index (χ1n) is 7.24. The maximum atomic E-state index is 13.1. The van der Waals surface area contributed by atoms with Crippen LogP contribution in [0.15, 0.2) is 36.4 Å². The molecule has 2 aromatic rings. The third kappa shape index (κ3) is 4.70. The van der Waals surface area contributed by atoms with E-state index >= 15 is 0 Å². The van der Waals surface area contributed by atoms with Crippen molar-refractivity contribution in [1.29, 1.82) is 5.26 Å². The third-order valence-corrected chi connectivity index (χ3v) is 3.30. The summed E-state index contributed by atoms with van der Waals surface area (Å²) < 4.78 is 39.3. The zero-order valence-electron chi connectivity index (χ0n) is 13.6. The van der Waals surface area contributed by atoms with E-state index in [9.17, 15) is 18.0 Å². The number of benzene rings is 1. The summed E-state index contributed by atoms with van der Waals surface area (Å²) >= 11 is 0. The van der Waals surface area contributed by atoms with Crippen molar-refractivity contribution in [2.45, 2.75) is 12.6 Å². The molecule has 0 unspecified atom stereocenters. The summed E-state index contributed by atoms with van der Waals surface area (Å²) in [4.78, 5) is 17.1. The van der Waals surface area contributed by atoms with Gasteiger partial charge in [0.05, 0.1) is 17.3 Å². The molecule has 1 amide bonds. The van der Waals surface area contributed by atoms with E-state index < -0.39 is 17.6 Å². The van der Waals surface area contributed by atoms with E-state index in [4.69, 9.17) is 5.26 Å². The molecule has 1 aromatic carbocycles. The number of carbonyl (C=O) groups excluding carboxylic acids is 1. The smallest absolute Gasteiger partial charge is 0.363 e. The van der Waals surface area contributed by atoms with E-state index in [0.29, 0.717) is 11.3 Å². The van der Waals surface area contributed by atoms with Gasteiger partial charge in [0, 0.05) is 25.3 Å². The molecule has 25 heavy (non-hydrogen) atoms. The molecule has 0 aliphatic carbocycles. The van der Waals surface area contributed by atoms with E-state index in [2.05, 4.69) is 10.3 Å². The molecule has 1 aromatic heterocycles. The van der Waals surface area contributed by atoms with E-state index in [1.54, 1.807) is 44.4 Å². The maximum Gasteiger partial charge on any atom is 0.416 e. The number of halogens is 3. The van der Waals surface area contributed by atoms with E-state index in [1.807, 2.05) is 0 Å². The molecule has 2 rings (SSSR count). The van der Waals surface area contributed by atoms with Gasteiger partial charge in [0.15, 0.2) is 0 Å². The van der Waals surface area contributed by atoms with Gasteiger partial charge in [-0.15, -0.1) is 0 Å². The molecule has 0 saturated heterocycles. The predicted molar refractivity (Wildman–Crippen MR) is 87.9 cm³/mol. The Morgan fingerprint density at radius 1 is 1.24 bits per heavy atom. The zero-order chi connectivity index (χ0) is 18.6. The monoisotopic (exact) mass is 348 g/mol. The first-order chi connectivity index (χ1) is 11.7. The number of hydrogen-bond donors (Lipinski definition) is 1. The Morgan fingerprint density at radius 3 is 2.40 bits per heavy atom. The van der Waals surface area contributed by atoms with Crippen molar-refractivity contribution in [2.24, 2.45) is 0 Å². The Morgan fingerprint density at radius 2 is 1.88 bits per heavy atom. The Labute approximate surface area is 142 Å². The van der Waals surface area contributed by atoms with Gasteiger partial charge in [0.25, 0.3) is 0 Å². The quantitative estimate of drug-likeness (QED) is 0.915. The average molecular weight is 348 g/mol. The molecule has 0 aliphatic rings. The highest BCUT2D eigenvalue weighted by molar-refractivity contribution is 5.92. The lowest BCUT2D eigenvalue weighted by molar-refractivity contribution is -0.137. The summed E-state index contributed by atoms with van der Waals surface area (Å²) in [5, 5.41) is 11.0. The number of anilines is 2. The lowest BCUT2D eigenvalue weighted by Crippen LogP contribution is -2.14. The van der Waals surface area contributed by atoms with Gasteiger partial charge in [-0.1, -0.05) is 12.1 Å². The van der Waals surface area contributed by atoms with E-state index in [0.717, 1.165) is 12.1 Å². The van der Waals surface area contributed by atoms with Crippen LogP contribution in [-0.4, -0.2) is 25.0 Å². The van der Waals surface area contributed by atoms with Crippen LogP contribution in [-0.2, 0) is 11.0 Å². The molecule has 0 spiro atoms. The second-order valence-corrected chi connectivity index (χ2v) is 5.45. The predicted octanol–water partition coefficient (Wildman–Crippen LogP) is 3.69. The van der Waals surface area contributed by atoms with E-state index in [1.165, 1.54) is 4.90 Å². The molecule has 5 nitrogen and oxygen atoms in total. The number of nitriles is 1. The lowest BCUT2D eigenvalue weighted by Gasteiger charge is -2.16. The van der Waals surface area contributed by atoms with E-state index in [-0.39, 0.29) is 17.9 Å². The number of rotatable bonds is 4. The minimum atomic E-state index is -4.48. The van der Waals surface area contributed by atoms with Gasteiger partial charge in [-0.05, 0) is 24.3 Å². The largest absolute Gasteiger partial charge is 0.416 e. The summed E-state index contributed by atoms with van der Waals surface area (Å²) in [5.74, 6) is -0.265. The molecule has 1 heterocycles. The second kappa shape index (κ2) is 7.21. The highest BCUT2D eigenvalue weighted by atomic mass is 19.4.